The van der Waals surface area contributed by atoms with Crippen LogP contribution in [-0.4, -0.2) is 12.6 Å². The van der Waals surface area contributed by atoms with Crippen molar-refractivity contribution in [3.63, 3.8) is 0 Å². The van der Waals surface area contributed by atoms with Gasteiger partial charge in [-0.15, -0.1) is 0 Å². The number of rotatable bonds is 2. The summed E-state index contributed by atoms with van der Waals surface area (Å²) in [6.45, 7) is 4.55. The Balaban J connectivity index is 3.51. The van der Waals surface area contributed by atoms with Crippen molar-refractivity contribution in [2.75, 3.05) is 6.54 Å². The van der Waals surface area contributed by atoms with Crippen LogP contribution in [0.2, 0.25) is 0 Å². The maximum Gasteiger partial charge on any atom is 0.0351 e. The van der Waals surface area contributed by atoms with Gasteiger partial charge < -0.3 is 11.5 Å². The monoisotopic (exact) mass is 114 g/mol. The van der Waals surface area contributed by atoms with Gasteiger partial charge in [-0.25, -0.2) is 0 Å². The lowest BCUT2D eigenvalue weighted by atomic mass is 10.2. The lowest BCUT2D eigenvalue weighted by Gasteiger charge is -2.00. The van der Waals surface area contributed by atoms with Crippen molar-refractivity contribution < 1.29 is 0 Å². The van der Waals surface area contributed by atoms with Crippen LogP contribution in [0.3, 0.4) is 0 Å². The van der Waals surface area contributed by atoms with Crippen LogP contribution in [0, 0.1) is 0 Å². The van der Waals surface area contributed by atoms with Gasteiger partial charge in [-0.05, 0) is 13.8 Å². The molecule has 0 aliphatic carbocycles. The molecule has 48 valence electrons. The first-order valence-corrected chi connectivity index (χ1v) is 2.77. The number of allylic oxidation sites excluding steroid dienone is 1. The van der Waals surface area contributed by atoms with E-state index in [4.69, 9.17) is 11.5 Å². The third-order valence-electron chi connectivity index (χ3n) is 0.820. The van der Waals surface area contributed by atoms with Gasteiger partial charge in [-0.3, -0.25) is 0 Å². The predicted octanol–water partition coefficient (Wildman–Crippen LogP) is 0.239. The van der Waals surface area contributed by atoms with E-state index in [-0.39, 0.29) is 6.04 Å². The molecular weight excluding hydrogens is 100 g/mol. The molecule has 8 heavy (non-hydrogen) atoms. The van der Waals surface area contributed by atoms with Crippen LogP contribution in [0.4, 0.5) is 0 Å². The Bertz CT molecular complexity index is 82.5. The minimum absolute atomic E-state index is 0.0417. The second kappa shape index (κ2) is 3.64. The van der Waals surface area contributed by atoms with Gasteiger partial charge >= 0.3 is 0 Å². The summed E-state index contributed by atoms with van der Waals surface area (Å²) < 4.78 is 0. The van der Waals surface area contributed by atoms with E-state index in [1.807, 2.05) is 19.9 Å². The summed E-state index contributed by atoms with van der Waals surface area (Å²) in [6, 6.07) is 0.0417. The topological polar surface area (TPSA) is 52.0 Å². The van der Waals surface area contributed by atoms with E-state index < -0.39 is 0 Å². The first-order chi connectivity index (χ1) is 3.66. The molecule has 0 aromatic heterocycles. The van der Waals surface area contributed by atoms with Crippen molar-refractivity contribution >= 4 is 0 Å². The van der Waals surface area contributed by atoms with Crippen LogP contribution in [0.1, 0.15) is 13.8 Å². The lowest BCUT2D eigenvalue weighted by molar-refractivity contribution is 0.816. The average molecular weight is 114 g/mol. The first kappa shape index (κ1) is 7.66. The molecule has 0 fully saturated rings. The molecule has 0 saturated heterocycles. The van der Waals surface area contributed by atoms with Crippen LogP contribution in [0.25, 0.3) is 0 Å². The van der Waals surface area contributed by atoms with E-state index in [1.165, 1.54) is 5.57 Å². The zero-order chi connectivity index (χ0) is 6.57. The molecule has 0 bridgehead atoms. The smallest absolute Gasteiger partial charge is 0.0351 e. The van der Waals surface area contributed by atoms with Crippen LogP contribution in [-0.2, 0) is 0 Å². The molecule has 0 rings (SSSR count). The Morgan fingerprint density at radius 3 is 2.25 bits per heavy atom. The minimum atomic E-state index is 0.0417. The third kappa shape index (κ3) is 3.84. The molecule has 0 aliphatic heterocycles. The molecule has 0 radical (unpaired) electrons. The fourth-order valence-corrected chi connectivity index (χ4v) is 0.496. The Kier molecular flexibility index (Phi) is 3.48. The maximum atomic E-state index is 5.47. The van der Waals surface area contributed by atoms with Gasteiger partial charge in [0.2, 0.25) is 0 Å². The molecule has 2 heteroatoms. The molecule has 1 unspecified atom stereocenters. The molecule has 0 aromatic rings. The molecule has 0 heterocycles. The van der Waals surface area contributed by atoms with E-state index in [0.717, 1.165) is 0 Å². The van der Waals surface area contributed by atoms with Gasteiger partial charge in [-0.2, -0.15) is 0 Å². The highest BCUT2D eigenvalue weighted by molar-refractivity contribution is 4.99. The highest BCUT2D eigenvalue weighted by Crippen LogP contribution is 1.88. The molecule has 2 nitrogen and oxygen atoms in total. The molecule has 0 saturated carbocycles. The second-order valence-corrected chi connectivity index (χ2v) is 2.14. The molecule has 4 N–H and O–H groups in total. The van der Waals surface area contributed by atoms with Crippen LogP contribution < -0.4 is 11.5 Å². The van der Waals surface area contributed by atoms with E-state index in [0.29, 0.717) is 6.54 Å². The van der Waals surface area contributed by atoms with Crippen molar-refractivity contribution in [2.45, 2.75) is 19.9 Å². The summed E-state index contributed by atoms with van der Waals surface area (Å²) in [5, 5.41) is 0. The number of hydrogen-bond donors (Lipinski definition) is 2. The number of hydrogen-bond acceptors (Lipinski definition) is 2. The molecule has 0 aromatic carbocycles. The summed E-state index contributed by atoms with van der Waals surface area (Å²) >= 11 is 0. The zero-order valence-electron chi connectivity index (χ0n) is 5.52. The summed E-state index contributed by atoms with van der Waals surface area (Å²) in [6.07, 6.45) is 1.96. The van der Waals surface area contributed by atoms with Gasteiger partial charge in [-0.1, -0.05) is 11.6 Å². The van der Waals surface area contributed by atoms with E-state index in [2.05, 4.69) is 0 Å². The lowest BCUT2D eigenvalue weighted by Crippen LogP contribution is -2.27. The highest BCUT2D eigenvalue weighted by Gasteiger charge is 1.89. The third-order valence-corrected chi connectivity index (χ3v) is 0.820. The van der Waals surface area contributed by atoms with Crippen molar-refractivity contribution in [1.29, 1.82) is 0 Å². The normalized spacial score (nSPS) is 13.0. The second-order valence-electron chi connectivity index (χ2n) is 2.14. The van der Waals surface area contributed by atoms with Gasteiger partial charge in [0.05, 0.1) is 0 Å². The van der Waals surface area contributed by atoms with Crippen LogP contribution >= 0.6 is 0 Å². The van der Waals surface area contributed by atoms with Crippen molar-refractivity contribution in [3.05, 3.63) is 11.6 Å². The summed E-state index contributed by atoms with van der Waals surface area (Å²) in [5.41, 5.74) is 11.9. The van der Waals surface area contributed by atoms with Gasteiger partial charge in [0, 0.05) is 12.6 Å². The van der Waals surface area contributed by atoms with E-state index >= 15 is 0 Å². The van der Waals surface area contributed by atoms with Gasteiger partial charge in [0.25, 0.3) is 0 Å². The molecule has 0 aliphatic rings. The predicted molar refractivity (Wildman–Crippen MR) is 36.5 cm³/mol. The Morgan fingerprint density at radius 2 is 2.12 bits per heavy atom. The summed E-state index contributed by atoms with van der Waals surface area (Å²) in [5.74, 6) is 0. The van der Waals surface area contributed by atoms with Crippen molar-refractivity contribution in [3.8, 4) is 0 Å². The number of nitrogens with two attached hydrogens (primary N) is 2. The van der Waals surface area contributed by atoms with E-state index in [9.17, 15) is 0 Å². The maximum absolute atomic E-state index is 5.47. The van der Waals surface area contributed by atoms with Crippen molar-refractivity contribution in [1.82, 2.24) is 0 Å². The first-order valence-electron chi connectivity index (χ1n) is 2.77. The standard InChI is InChI=1S/C6H14N2/c1-5(2)3-6(8)4-7/h3,6H,4,7-8H2,1-2H3. The quantitative estimate of drug-likeness (QED) is 0.505. The van der Waals surface area contributed by atoms with Gasteiger partial charge in [0.15, 0.2) is 0 Å². The summed E-state index contributed by atoms with van der Waals surface area (Å²) in [7, 11) is 0. The van der Waals surface area contributed by atoms with Gasteiger partial charge in [0.1, 0.15) is 0 Å². The zero-order valence-corrected chi connectivity index (χ0v) is 5.52. The van der Waals surface area contributed by atoms with Crippen LogP contribution in [0.15, 0.2) is 11.6 Å². The Hall–Kier alpha value is -0.340. The fraction of sp³-hybridized carbons (Fsp3) is 0.667. The molecule has 0 amide bonds. The largest absolute Gasteiger partial charge is 0.329 e. The Morgan fingerprint density at radius 1 is 1.62 bits per heavy atom. The molecular formula is C6H14N2. The van der Waals surface area contributed by atoms with E-state index in [1.54, 1.807) is 0 Å². The summed E-state index contributed by atoms with van der Waals surface area (Å²) in [4.78, 5) is 0. The minimum Gasteiger partial charge on any atom is -0.329 e. The fourth-order valence-electron chi connectivity index (χ4n) is 0.496. The van der Waals surface area contributed by atoms with Crippen molar-refractivity contribution in [2.24, 2.45) is 11.5 Å². The van der Waals surface area contributed by atoms with Crippen LogP contribution in [0.5, 0.6) is 0 Å². The average Bonchev–Trinajstić information content (AvgIpc) is 1.65. The SMILES string of the molecule is CC(C)=CC(N)CN. The molecule has 1 atom stereocenters. The molecule has 0 spiro atoms. The Labute approximate surface area is 50.6 Å². The highest BCUT2D eigenvalue weighted by atomic mass is 14.7.